The Hall–Kier alpha value is -4.13. The summed E-state index contributed by atoms with van der Waals surface area (Å²) in [6.45, 7) is 3.13. The summed E-state index contributed by atoms with van der Waals surface area (Å²) in [7, 11) is 0. The molecule has 0 spiro atoms. The monoisotopic (exact) mass is 664 g/mol. The second-order valence-electron chi connectivity index (χ2n) is 14.3. The maximum atomic E-state index is 17.0. The fraction of sp³-hybridized carbons (Fsp3) is 0.543. The zero-order valence-corrected chi connectivity index (χ0v) is 27.0. The third-order valence-corrected chi connectivity index (χ3v) is 10.6. The van der Waals surface area contributed by atoms with Gasteiger partial charge in [-0.05, 0) is 100 Å². The Morgan fingerprint density at radius 3 is 2.73 bits per heavy atom. The summed E-state index contributed by atoms with van der Waals surface area (Å²) < 4.78 is 59.7. The van der Waals surface area contributed by atoms with Crippen molar-refractivity contribution >= 4 is 28.4 Å². The molecule has 6 bridgehead atoms. The SMILES string of the molecule is CC12CN(CC(F)(F)C1)c1nc(OCC34CCCN3CCC4)nc3c(F)c(ncc13)-c1cc(O)cc3c1C(=CCC3)CCCOC(=O)N2. The van der Waals surface area contributed by atoms with Gasteiger partial charge in [0, 0.05) is 24.7 Å². The van der Waals surface area contributed by atoms with E-state index in [0.717, 1.165) is 61.9 Å². The highest BCUT2D eigenvalue weighted by Gasteiger charge is 2.49. The molecule has 3 fully saturated rings. The number of fused-ring (bicyclic) bond motifs is 7. The van der Waals surface area contributed by atoms with Crippen LogP contribution in [-0.2, 0) is 11.2 Å². The first-order chi connectivity index (χ1) is 23.0. The molecule has 1 atom stereocenters. The summed E-state index contributed by atoms with van der Waals surface area (Å²) in [6.07, 6.45) is 8.49. The Kier molecular flexibility index (Phi) is 7.46. The number of phenols is 1. The van der Waals surface area contributed by atoms with E-state index in [1.54, 1.807) is 13.0 Å². The summed E-state index contributed by atoms with van der Waals surface area (Å²) in [6, 6.07) is 3.07. The van der Waals surface area contributed by atoms with Crippen LogP contribution in [-0.4, -0.2) is 87.4 Å². The summed E-state index contributed by atoms with van der Waals surface area (Å²) >= 11 is 0. The average molecular weight is 665 g/mol. The number of carbonyl (C=O) groups is 1. The van der Waals surface area contributed by atoms with Crippen LogP contribution in [0.3, 0.4) is 0 Å². The Balaban J connectivity index is 1.31. The number of pyridine rings is 1. The van der Waals surface area contributed by atoms with Gasteiger partial charge < -0.3 is 24.8 Å². The van der Waals surface area contributed by atoms with Gasteiger partial charge in [-0.25, -0.2) is 18.0 Å². The summed E-state index contributed by atoms with van der Waals surface area (Å²) in [5.41, 5.74) is 1.30. The molecule has 10 nitrogen and oxygen atoms in total. The number of rotatable bonds is 3. The Morgan fingerprint density at radius 2 is 1.92 bits per heavy atom. The predicted octanol–water partition coefficient (Wildman–Crippen LogP) is 6.00. The topological polar surface area (TPSA) is 113 Å². The summed E-state index contributed by atoms with van der Waals surface area (Å²) in [5.74, 6) is -3.95. The van der Waals surface area contributed by atoms with Gasteiger partial charge >= 0.3 is 12.1 Å². The van der Waals surface area contributed by atoms with Crippen LogP contribution in [0.25, 0.3) is 27.7 Å². The number of amides is 1. The van der Waals surface area contributed by atoms with E-state index in [1.165, 1.54) is 17.2 Å². The Labute approximate surface area is 276 Å². The van der Waals surface area contributed by atoms with Gasteiger partial charge in [-0.3, -0.25) is 9.88 Å². The van der Waals surface area contributed by atoms with Gasteiger partial charge in [0.15, 0.2) is 5.82 Å². The molecule has 3 saturated heterocycles. The van der Waals surface area contributed by atoms with Crippen LogP contribution in [0.5, 0.6) is 11.8 Å². The number of carbonyl (C=O) groups excluding carboxylic acids is 1. The first-order valence-corrected chi connectivity index (χ1v) is 16.9. The van der Waals surface area contributed by atoms with Gasteiger partial charge in [0.1, 0.15) is 29.4 Å². The standard InChI is InChI=1S/C35H39F3N6O4/c1-33-17-35(37,38)19-43(18-33)30-25-16-39-28(27(36)29(25)40-31(41-30)48-20-34-9-4-11-44(34)12-5-10-34)24-15-23(45)14-22-7-2-6-21(26(22)24)8-3-13-47-32(46)42-33/h6,14-16,45H,2-5,7-13,17-20H2,1H3,(H,42,46). The molecule has 254 valence electrons. The minimum Gasteiger partial charge on any atom is -0.508 e. The van der Waals surface area contributed by atoms with Gasteiger partial charge in [-0.15, -0.1) is 0 Å². The Morgan fingerprint density at radius 1 is 1.10 bits per heavy atom. The van der Waals surface area contributed by atoms with Crippen LogP contribution in [0.2, 0.25) is 0 Å². The maximum absolute atomic E-state index is 17.0. The van der Waals surface area contributed by atoms with Crippen LogP contribution >= 0.6 is 0 Å². The van der Waals surface area contributed by atoms with Crippen LogP contribution < -0.4 is 15.0 Å². The number of nitrogens with zero attached hydrogens (tertiary/aromatic N) is 5. The third kappa shape index (κ3) is 5.49. The molecule has 13 heteroatoms. The lowest BCUT2D eigenvalue weighted by atomic mass is 9.84. The van der Waals surface area contributed by atoms with E-state index in [9.17, 15) is 9.90 Å². The van der Waals surface area contributed by atoms with Crippen molar-refractivity contribution in [3.8, 4) is 23.0 Å². The van der Waals surface area contributed by atoms with E-state index in [2.05, 4.69) is 31.2 Å². The number of aryl methyl sites for hydroxylation is 1. The highest BCUT2D eigenvalue weighted by molar-refractivity contribution is 5.94. The first-order valence-electron chi connectivity index (χ1n) is 16.9. The quantitative estimate of drug-likeness (QED) is 0.348. The molecule has 5 aliphatic heterocycles. The van der Waals surface area contributed by atoms with Crippen LogP contribution in [0, 0.1) is 5.82 Å². The second-order valence-corrected chi connectivity index (χ2v) is 14.3. The number of aromatic hydroxyl groups is 1. The van der Waals surface area contributed by atoms with E-state index in [0.29, 0.717) is 31.4 Å². The van der Waals surface area contributed by atoms with E-state index < -0.39 is 36.3 Å². The van der Waals surface area contributed by atoms with Crippen LogP contribution in [0.4, 0.5) is 23.8 Å². The van der Waals surface area contributed by atoms with Crippen molar-refractivity contribution in [2.45, 2.75) is 81.7 Å². The number of aromatic nitrogens is 3. The van der Waals surface area contributed by atoms with Crippen molar-refractivity contribution in [2.75, 3.05) is 44.3 Å². The number of piperidine rings is 1. The molecular weight excluding hydrogens is 625 g/mol. The normalized spacial score (nSPS) is 24.9. The van der Waals surface area contributed by atoms with E-state index in [4.69, 9.17) is 9.47 Å². The van der Waals surface area contributed by atoms with Crippen LogP contribution in [0.15, 0.2) is 24.4 Å². The predicted molar refractivity (Wildman–Crippen MR) is 173 cm³/mol. The molecule has 3 aromatic rings. The number of benzene rings is 1. The number of anilines is 1. The third-order valence-electron chi connectivity index (χ3n) is 10.6. The number of nitrogens with one attached hydrogen (secondary N) is 1. The molecule has 1 amide bonds. The van der Waals surface area contributed by atoms with Crippen molar-refractivity contribution in [1.29, 1.82) is 0 Å². The molecule has 0 radical (unpaired) electrons. The number of hydrogen-bond donors (Lipinski definition) is 2. The molecular formula is C35H39F3N6O4. The van der Waals surface area contributed by atoms with Crippen molar-refractivity contribution in [3.63, 3.8) is 0 Å². The number of phenolic OH excluding ortho intramolecular Hbond substituents is 1. The summed E-state index contributed by atoms with van der Waals surface area (Å²) in [5, 5.41) is 13.5. The van der Waals surface area contributed by atoms with Gasteiger partial charge in [-0.1, -0.05) is 6.08 Å². The number of alkyl carbamates (subject to hydrolysis) is 1. The Bertz CT molecular complexity index is 1830. The molecule has 1 aromatic carbocycles. The lowest BCUT2D eigenvalue weighted by Gasteiger charge is -2.44. The van der Waals surface area contributed by atoms with E-state index in [1.807, 2.05) is 0 Å². The van der Waals surface area contributed by atoms with Crippen molar-refractivity contribution < 1.29 is 32.5 Å². The second kappa shape index (κ2) is 11.5. The molecule has 7 heterocycles. The number of allylic oxidation sites excluding steroid dienone is 2. The molecule has 48 heavy (non-hydrogen) atoms. The molecule has 6 aliphatic rings. The molecule has 0 saturated carbocycles. The number of hydrogen-bond acceptors (Lipinski definition) is 9. The van der Waals surface area contributed by atoms with Crippen molar-refractivity contribution in [2.24, 2.45) is 0 Å². The van der Waals surface area contributed by atoms with Crippen molar-refractivity contribution in [1.82, 2.24) is 25.2 Å². The first kappa shape index (κ1) is 31.2. The summed E-state index contributed by atoms with van der Waals surface area (Å²) in [4.78, 5) is 30.5. The fourth-order valence-electron chi connectivity index (χ4n) is 8.74. The number of alkyl halides is 2. The van der Waals surface area contributed by atoms with Crippen LogP contribution in [0.1, 0.15) is 69.4 Å². The fourth-order valence-corrected chi connectivity index (χ4v) is 8.74. The van der Waals surface area contributed by atoms with Gasteiger partial charge in [0.2, 0.25) is 0 Å². The highest BCUT2D eigenvalue weighted by atomic mass is 19.3. The number of halogens is 3. The zero-order chi connectivity index (χ0) is 33.3. The van der Waals surface area contributed by atoms with Gasteiger partial charge in [-0.2, -0.15) is 9.97 Å². The molecule has 2 aromatic heterocycles. The molecule has 1 unspecified atom stereocenters. The lowest BCUT2D eigenvalue weighted by molar-refractivity contribution is -0.0390. The molecule has 1 aliphatic carbocycles. The largest absolute Gasteiger partial charge is 0.508 e. The van der Waals surface area contributed by atoms with Crippen molar-refractivity contribution in [3.05, 3.63) is 41.3 Å². The lowest BCUT2D eigenvalue weighted by Crippen LogP contribution is -2.63. The maximum Gasteiger partial charge on any atom is 0.407 e. The van der Waals surface area contributed by atoms with Gasteiger partial charge in [0.25, 0.3) is 5.92 Å². The van der Waals surface area contributed by atoms with E-state index >= 15 is 13.2 Å². The smallest absolute Gasteiger partial charge is 0.407 e. The zero-order valence-electron chi connectivity index (χ0n) is 27.0. The minimum absolute atomic E-state index is 0.0133. The highest BCUT2D eigenvalue weighted by Crippen LogP contribution is 2.44. The number of ether oxygens (including phenoxy) is 2. The average Bonchev–Trinajstić information content (AvgIpc) is 3.61. The van der Waals surface area contributed by atoms with Gasteiger partial charge in [0.05, 0.1) is 29.6 Å². The molecule has 9 rings (SSSR count). The minimum atomic E-state index is -3.22. The molecule has 2 N–H and O–H groups in total. The van der Waals surface area contributed by atoms with E-state index in [-0.39, 0.29) is 52.9 Å².